The molecule has 0 bridgehead atoms. The second-order valence-electron chi connectivity index (χ2n) is 5.09. The molecule has 3 nitrogen and oxygen atoms in total. The highest BCUT2D eigenvalue weighted by Crippen LogP contribution is 2.30. The smallest absolute Gasteiger partial charge is 0.127 e. The largest absolute Gasteiger partial charge is 0.467 e. The van der Waals surface area contributed by atoms with Crippen molar-refractivity contribution in [2.75, 3.05) is 18.0 Å². The number of halogens is 1. The topological polar surface area (TPSA) is 28.4 Å². The lowest BCUT2D eigenvalue weighted by Gasteiger charge is -2.19. The Kier molecular flexibility index (Phi) is 3.74. The first-order chi connectivity index (χ1) is 9.78. The number of hydrogen-bond acceptors (Lipinski definition) is 3. The third kappa shape index (κ3) is 2.56. The first kappa shape index (κ1) is 13.2. The van der Waals surface area contributed by atoms with Crippen molar-refractivity contribution in [1.82, 2.24) is 5.32 Å². The Morgan fingerprint density at radius 2 is 2.25 bits per heavy atom. The van der Waals surface area contributed by atoms with Crippen molar-refractivity contribution in [2.24, 2.45) is 0 Å². The second kappa shape index (κ2) is 5.67. The van der Waals surface area contributed by atoms with E-state index in [4.69, 9.17) is 4.42 Å². The van der Waals surface area contributed by atoms with Crippen LogP contribution in [0.5, 0.6) is 0 Å². The molecule has 20 heavy (non-hydrogen) atoms. The highest BCUT2D eigenvalue weighted by Gasteiger charge is 2.21. The first-order valence-electron chi connectivity index (χ1n) is 7.07. The van der Waals surface area contributed by atoms with E-state index in [2.05, 4.69) is 17.1 Å². The van der Waals surface area contributed by atoms with E-state index in [0.29, 0.717) is 6.54 Å². The fraction of sp³-hybridized carbons (Fsp3) is 0.375. The lowest BCUT2D eigenvalue weighted by molar-refractivity contribution is 0.497. The zero-order chi connectivity index (χ0) is 13.9. The normalized spacial score (nSPS) is 13.8. The molecule has 2 heterocycles. The summed E-state index contributed by atoms with van der Waals surface area (Å²) in [6.45, 7) is 5.44. The summed E-state index contributed by atoms with van der Waals surface area (Å²) in [6.07, 6.45) is 2.70. The summed E-state index contributed by atoms with van der Waals surface area (Å²) in [6, 6.07) is 7.04. The maximum absolute atomic E-state index is 13.4. The number of nitrogens with one attached hydrogen (secondary N) is 1. The van der Waals surface area contributed by atoms with Gasteiger partial charge in [-0.2, -0.15) is 0 Å². The molecule has 0 saturated carbocycles. The molecule has 1 aliphatic rings. The second-order valence-corrected chi connectivity index (χ2v) is 5.09. The van der Waals surface area contributed by atoms with E-state index in [-0.39, 0.29) is 5.82 Å². The predicted octanol–water partition coefficient (Wildman–Crippen LogP) is 3.09. The summed E-state index contributed by atoms with van der Waals surface area (Å²) in [7, 11) is 0. The van der Waals surface area contributed by atoms with Crippen molar-refractivity contribution in [2.45, 2.75) is 26.4 Å². The standard InChI is InChI=1S/C16H19FN2O/c1-2-18-10-13-6-8-20-16(13)11-19-7-5-12-3-4-14(17)9-15(12)19/h3-4,6,8-9,18H,2,5,7,10-11H2,1H3. The van der Waals surface area contributed by atoms with Gasteiger partial charge in [-0.25, -0.2) is 4.39 Å². The van der Waals surface area contributed by atoms with Gasteiger partial charge in [-0.3, -0.25) is 0 Å². The van der Waals surface area contributed by atoms with E-state index in [0.717, 1.165) is 37.5 Å². The van der Waals surface area contributed by atoms with Crippen LogP contribution >= 0.6 is 0 Å². The minimum atomic E-state index is -0.178. The van der Waals surface area contributed by atoms with Crippen molar-refractivity contribution in [3.63, 3.8) is 0 Å². The van der Waals surface area contributed by atoms with Crippen LogP contribution < -0.4 is 10.2 Å². The van der Waals surface area contributed by atoms with Crippen LogP contribution in [-0.4, -0.2) is 13.1 Å². The Bertz CT molecular complexity index is 594. The van der Waals surface area contributed by atoms with Crippen LogP contribution in [-0.2, 0) is 19.5 Å². The van der Waals surface area contributed by atoms with Crippen LogP contribution in [0.3, 0.4) is 0 Å². The molecule has 0 saturated heterocycles. The van der Waals surface area contributed by atoms with E-state index in [1.165, 1.54) is 17.2 Å². The average molecular weight is 274 g/mol. The van der Waals surface area contributed by atoms with Gasteiger partial charge in [0.25, 0.3) is 0 Å². The third-order valence-electron chi connectivity index (χ3n) is 3.78. The zero-order valence-electron chi connectivity index (χ0n) is 11.7. The van der Waals surface area contributed by atoms with Gasteiger partial charge in [0.15, 0.2) is 0 Å². The number of rotatable bonds is 5. The molecule has 0 radical (unpaired) electrons. The number of nitrogens with zero attached hydrogens (tertiary/aromatic N) is 1. The Morgan fingerprint density at radius 1 is 1.35 bits per heavy atom. The molecule has 1 aromatic heterocycles. The molecule has 0 atom stereocenters. The van der Waals surface area contributed by atoms with Crippen LogP contribution in [0.15, 0.2) is 34.9 Å². The highest BCUT2D eigenvalue weighted by molar-refractivity contribution is 5.58. The van der Waals surface area contributed by atoms with Crippen LogP contribution in [0.1, 0.15) is 23.8 Å². The van der Waals surface area contributed by atoms with Crippen LogP contribution in [0.4, 0.5) is 10.1 Å². The summed E-state index contributed by atoms with van der Waals surface area (Å²) in [5, 5.41) is 3.31. The zero-order valence-corrected chi connectivity index (χ0v) is 11.7. The monoisotopic (exact) mass is 274 g/mol. The molecule has 0 spiro atoms. The molecule has 0 aliphatic carbocycles. The lowest BCUT2D eigenvalue weighted by Crippen LogP contribution is -2.21. The predicted molar refractivity (Wildman–Crippen MR) is 77.2 cm³/mol. The Labute approximate surface area is 118 Å². The molecule has 1 aliphatic heterocycles. The maximum atomic E-state index is 13.4. The fourth-order valence-electron chi connectivity index (χ4n) is 2.68. The van der Waals surface area contributed by atoms with Gasteiger partial charge in [0, 0.05) is 24.3 Å². The molecule has 3 rings (SSSR count). The van der Waals surface area contributed by atoms with E-state index in [9.17, 15) is 4.39 Å². The van der Waals surface area contributed by atoms with Crippen molar-refractivity contribution in [3.05, 3.63) is 53.2 Å². The summed E-state index contributed by atoms with van der Waals surface area (Å²) in [4.78, 5) is 2.19. The van der Waals surface area contributed by atoms with Crippen LogP contribution in [0.25, 0.3) is 0 Å². The minimum Gasteiger partial charge on any atom is -0.467 e. The average Bonchev–Trinajstić information content (AvgIpc) is 3.04. The number of hydrogen-bond donors (Lipinski definition) is 1. The molecule has 0 amide bonds. The van der Waals surface area contributed by atoms with E-state index in [1.54, 1.807) is 12.3 Å². The lowest BCUT2D eigenvalue weighted by atomic mass is 10.1. The highest BCUT2D eigenvalue weighted by atomic mass is 19.1. The van der Waals surface area contributed by atoms with Gasteiger partial charge in [-0.15, -0.1) is 0 Å². The number of fused-ring (bicyclic) bond motifs is 1. The van der Waals surface area contributed by atoms with E-state index < -0.39 is 0 Å². The molecular formula is C16H19FN2O. The van der Waals surface area contributed by atoms with Crippen molar-refractivity contribution >= 4 is 5.69 Å². The van der Waals surface area contributed by atoms with Crippen LogP contribution in [0, 0.1) is 5.82 Å². The van der Waals surface area contributed by atoms with Crippen LogP contribution in [0.2, 0.25) is 0 Å². The Hall–Kier alpha value is -1.81. The quantitative estimate of drug-likeness (QED) is 0.908. The van der Waals surface area contributed by atoms with Gasteiger partial charge >= 0.3 is 0 Å². The number of furan rings is 1. The van der Waals surface area contributed by atoms with Gasteiger partial charge in [0.1, 0.15) is 11.6 Å². The van der Waals surface area contributed by atoms with Gasteiger partial charge in [-0.1, -0.05) is 13.0 Å². The fourth-order valence-corrected chi connectivity index (χ4v) is 2.68. The van der Waals surface area contributed by atoms with E-state index in [1.807, 2.05) is 12.1 Å². The summed E-state index contributed by atoms with van der Waals surface area (Å²) in [5.41, 5.74) is 3.39. The van der Waals surface area contributed by atoms with E-state index >= 15 is 0 Å². The van der Waals surface area contributed by atoms with Gasteiger partial charge in [-0.05, 0) is 36.7 Å². The molecular weight excluding hydrogens is 255 g/mol. The van der Waals surface area contributed by atoms with Gasteiger partial charge in [0.2, 0.25) is 0 Å². The molecule has 4 heteroatoms. The summed E-state index contributed by atoms with van der Waals surface area (Å²) in [5.74, 6) is 0.783. The number of benzene rings is 1. The molecule has 0 unspecified atom stereocenters. The van der Waals surface area contributed by atoms with Crippen molar-refractivity contribution in [3.8, 4) is 0 Å². The van der Waals surface area contributed by atoms with Crippen molar-refractivity contribution < 1.29 is 8.81 Å². The maximum Gasteiger partial charge on any atom is 0.127 e. The minimum absolute atomic E-state index is 0.178. The van der Waals surface area contributed by atoms with Gasteiger partial charge in [0.05, 0.1) is 12.8 Å². The summed E-state index contributed by atoms with van der Waals surface area (Å²) < 4.78 is 19.0. The first-order valence-corrected chi connectivity index (χ1v) is 7.07. The summed E-state index contributed by atoms with van der Waals surface area (Å²) >= 11 is 0. The Morgan fingerprint density at radius 3 is 3.10 bits per heavy atom. The van der Waals surface area contributed by atoms with Gasteiger partial charge < -0.3 is 14.6 Å². The molecule has 1 aromatic carbocycles. The molecule has 1 N–H and O–H groups in total. The Balaban J connectivity index is 1.77. The molecule has 0 fully saturated rings. The SMILES string of the molecule is CCNCc1ccoc1CN1CCc2ccc(F)cc21. The molecule has 2 aromatic rings. The van der Waals surface area contributed by atoms with Crippen molar-refractivity contribution in [1.29, 1.82) is 0 Å². The number of anilines is 1. The molecule has 106 valence electrons. The third-order valence-corrected chi connectivity index (χ3v) is 3.78.